The van der Waals surface area contributed by atoms with Crippen LogP contribution in [0.15, 0.2) is 18.5 Å². The molecule has 3 heterocycles. The molecule has 92 valence electrons. The van der Waals surface area contributed by atoms with Crippen molar-refractivity contribution in [2.75, 3.05) is 19.7 Å². The average molecular weight is 232 g/mol. The minimum absolute atomic E-state index is 0.285. The third kappa shape index (κ3) is 2.35. The highest BCUT2D eigenvalue weighted by Crippen LogP contribution is 2.34. The lowest BCUT2D eigenvalue weighted by Crippen LogP contribution is -2.16. The molecule has 2 atom stereocenters. The van der Waals surface area contributed by atoms with Gasteiger partial charge in [0.25, 0.3) is 0 Å². The maximum absolute atomic E-state index is 5.90. The second kappa shape index (κ2) is 5.15. The lowest BCUT2D eigenvalue weighted by molar-refractivity contribution is 0.0140. The Bertz CT molecular complexity index is 368. The van der Waals surface area contributed by atoms with Gasteiger partial charge < -0.3 is 10.1 Å². The molecule has 2 aliphatic heterocycles. The third-order valence-electron chi connectivity index (χ3n) is 3.91. The molecule has 0 spiro atoms. The van der Waals surface area contributed by atoms with E-state index in [0.29, 0.717) is 5.92 Å². The van der Waals surface area contributed by atoms with Crippen molar-refractivity contribution in [3.05, 3.63) is 29.6 Å². The lowest BCUT2D eigenvalue weighted by Gasteiger charge is -2.26. The maximum atomic E-state index is 5.90. The molecule has 3 nitrogen and oxygen atoms in total. The van der Waals surface area contributed by atoms with Crippen molar-refractivity contribution in [2.24, 2.45) is 0 Å². The van der Waals surface area contributed by atoms with E-state index in [0.717, 1.165) is 26.1 Å². The fraction of sp³-hybridized carbons (Fsp3) is 0.643. The van der Waals surface area contributed by atoms with E-state index in [2.05, 4.69) is 16.4 Å². The molecule has 1 N–H and O–H groups in total. The van der Waals surface area contributed by atoms with Crippen LogP contribution in [0.4, 0.5) is 0 Å². The summed E-state index contributed by atoms with van der Waals surface area (Å²) in [6, 6.07) is 2.19. The van der Waals surface area contributed by atoms with Crippen molar-refractivity contribution in [3.63, 3.8) is 0 Å². The van der Waals surface area contributed by atoms with E-state index in [9.17, 15) is 0 Å². The number of ether oxygens (including phenoxy) is 1. The molecule has 0 saturated carbocycles. The first-order chi connectivity index (χ1) is 8.45. The van der Waals surface area contributed by atoms with E-state index in [-0.39, 0.29) is 6.10 Å². The van der Waals surface area contributed by atoms with Crippen LogP contribution in [0, 0.1) is 0 Å². The minimum Gasteiger partial charge on any atom is -0.373 e. The van der Waals surface area contributed by atoms with Crippen LogP contribution in [0.25, 0.3) is 0 Å². The minimum atomic E-state index is 0.285. The van der Waals surface area contributed by atoms with Gasteiger partial charge in [0.05, 0.1) is 6.10 Å². The van der Waals surface area contributed by atoms with Crippen LogP contribution < -0.4 is 5.32 Å². The zero-order chi connectivity index (χ0) is 11.5. The largest absolute Gasteiger partial charge is 0.373 e. The second-order valence-electron chi connectivity index (χ2n) is 5.05. The Hall–Kier alpha value is -0.930. The molecule has 17 heavy (non-hydrogen) atoms. The van der Waals surface area contributed by atoms with Crippen LogP contribution in [0.5, 0.6) is 0 Å². The molecule has 0 aromatic carbocycles. The van der Waals surface area contributed by atoms with Gasteiger partial charge in [0.2, 0.25) is 0 Å². The molecular formula is C14H20N2O. The number of aromatic nitrogens is 1. The zero-order valence-electron chi connectivity index (χ0n) is 10.2. The van der Waals surface area contributed by atoms with E-state index < -0.39 is 0 Å². The number of nitrogens with one attached hydrogen (secondary N) is 1. The van der Waals surface area contributed by atoms with Crippen molar-refractivity contribution in [3.8, 4) is 0 Å². The van der Waals surface area contributed by atoms with Crippen LogP contribution in [-0.4, -0.2) is 24.7 Å². The van der Waals surface area contributed by atoms with E-state index in [4.69, 9.17) is 4.74 Å². The van der Waals surface area contributed by atoms with E-state index in [1.807, 2.05) is 12.4 Å². The Balaban J connectivity index is 1.86. The number of hydrogen-bond donors (Lipinski definition) is 1. The smallest absolute Gasteiger partial charge is 0.0842 e. The lowest BCUT2D eigenvalue weighted by atomic mass is 9.90. The molecule has 0 radical (unpaired) electrons. The first-order valence-corrected chi connectivity index (χ1v) is 6.71. The summed E-state index contributed by atoms with van der Waals surface area (Å²) < 4.78 is 5.90. The maximum Gasteiger partial charge on any atom is 0.0842 e. The standard InChI is InChI=1S/C14H20N2O/c1-2-8-17-14(3-1)13-10-16-7-5-12(13)11-4-6-15-9-11/h5,7,10-11,14-15H,1-4,6,8-9H2. The molecule has 0 bridgehead atoms. The fourth-order valence-electron chi connectivity index (χ4n) is 2.96. The van der Waals surface area contributed by atoms with Gasteiger partial charge in [-0.25, -0.2) is 0 Å². The summed E-state index contributed by atoms with van der Waals surface area (Å²) in [4.78, 5) is 4.29. The molecule has 0 aliphatic carbocycles. The summed E-state index contributed by atoms with van der Waals surface area (Å²) >= 11 is 0. The molecule has 1 aromatic heterocycles. The third-order valence-corrected chi connectivity index (χ3v) is 3.91. The topological polar surface area (TPSA) is 34.1 Å². The summed E-state index contributed by atoms with van der Waals surface area (Å²) in [5, 5.41) is 3.44. The van der Waals surface area contributed by atoms with Gasteiger partial charge in [-0.2, -0.15) is 0 Å². The van der Waals surface area contributed by atoms with Gasteiger partial charge in [0.15, 0.2) is 0 Å². The monoisotopic (exact) mass is 232 g/mol. The number of hydrogen-bond acceptors (Lipinski definition) is 3. The Morgan fingerprint density at radius 3 is 3.00 bits per heavy atom. The molecule has 2 fully saturated rings. The van der Waals surface area contributed by atoms with E-state index in [1.54, 1.807) is 0 Å². The summed E-state index contributed by atoms with van der Waals surface area (Å²) in [5.74, 6) is 0.651. The van der Waals surface area contributed by atoms with Crippen molar-refractivity contribution in [1.29, 1.82) is 0 Å². The van der Waals surface area contributed by atoms with Gasteiger partial charge in [-0.3, -0.25) is 4.98 Å². The first-order valence-electron chi connectivity index (χ1n) is 6.71. The number of nitrogens with zero attached hydrogens (tertiary/aromatic N) is 1. The molecular weight excluding hydrogens is 212 g/mol. The highest BCUT2D eigenvalue weighted by molar-refractivity contribution is 5.30. The highest BCUT2D eigenvalue weighted by atomic mass is 16.5. The molecule has 1 aromatic rings. The Labute approximate surface area is 103 Å². The predicted molar refractivity (Wildman–Crippen MR) is 67.0 cm³/mol. The molecule has 3 heteroatoms. The van der Waals surface area contributed by atoms with Crippen LogP contribution in [0.2, 0.25) is 0 Å². The van der Waals surface area contributed by atoms with Crippen molar-refractivity contribution in [1.82, 2.24) is 10.3 Å². The second-order valence-corrected chi connectivity index (χ2v) is 5.05. The highest BCUT2D eigenvalue weighted by Gasteiger charge is 2.24. The Morgan fingerprint density at radius 2 is 2.24 bits per heavy atom. The first kappa shape index (κ1) is 11.2. The van der Waals surface area contributed by atoms with Gasteiger partial charge in [-0.15, -0.1) is 0 Å². The molecule has 0 amide bonds. The molecule has 2 unspecified atom stereocenters. The fourth-order valence-corrected chi connectivity index (χ4v) is 2.96. The van der Waals surface area contributed by atoms with Crippen LogP contribution in [0.3, 0.4) is 0 Å². The van der Waals surface area contributed by atoms with Gasteiger partial charge in [-0.1, -0.05) is 0 Å². The van der Waals surface area contributed by atoms with Crippen molar-refractivity contribution >= 4 is 0 Å². The van der Waals surface area contributed by atoms with Gasteiger partial charge in [0.1, 0.15) is 0 Å². The zero-order valence-corrected chi connectivity index (χ0v) is 10.2. The van der Waals surface area contributed by atoms with Gasteiger partial charge in [0, 0.05) is 31.1 Å². The molecule has 2 saturated heterocycles. The number of pyridine rings is 1. The molecule has 2 aliphatic rings. The summed E-state index contributed by atoms with van der Waals surface area (Å²) in [6.07, 6.45) is 9.10. The van der Waals surface area contributed by atoms with Crippen LogP contribution in [-0.2, 0) is 4.74 Å². The predicted octanol–water partition coefficient (Wildman–Crippen LogP) is 2.40. The van der Waals surface area contributed by atoms with Gasteiger partial charge in [-0.05, 0) is 49.8 Å². The van der Waals surface area contributed by atoms with Crippen molar-refractivity contribution < 1.29 is 4.74 Å². The quantitative estimate of drug-likeness (QED) is 0.850. The summed E-state index contributed by atoms with van der Waals surface area (Å²) in [6.45, 7) is 3.14. The molecule has 3 rings (SSSR count). The van der Waals surface area contributed by atoms with E-state index in [1.165, 1.54) is 30.4 Å². The Morgan fingerprint density at radius 1 is 1.24 bits per heavy atom. The SMILES string of the molecule is c1cc(C2CCNC2)c(C2CCCCO2)cn1. The van der Waals surface area contributed by atoms with E-state index >= 15 is 0 Å². The average Bonchev–Trinajstić information content (AvgIpc) is 2.94. The van der Waals surface area contributed by atoms with Crippen LogP contribution >= 0.6 is 0 Å². The van der Waals surface area contributed by atoms with Crippen molar-refractivity contribution in [2.45, 2.75) is 37.7 Å². The summed E-state index contributed by atoms with van der Waals surface area (Å²) in [7, 11) is 0. The van der Waals surface area contributed by atoms with Gasteiger partial charge >= 0.3 is 0 Å². The summed E-state index contributed by atoms with van der Waals surface area (Å²) in [5.41, 5.74) is 2.79. The normalized spacial score (nSPS) is 29.4. The van der Waals surface area contributed by atoms with Crippen LogP contribution in [0.1, 0.15) is 48.8 Å². The number of rotatable bonds is 2. The Kier molecular flexibility index (Phi) is 3.39.